The van der Waals surface area contributed by atoms with Crippen molar-refractivity contribution in [3.05, 3.63) is 0 Å². The Bertz CT molecular complexity index is 169. The first-order valence-electron chi connectivity index (χ1n) is 6.90. The molecule has 0 saturated heterocycles. The molecule has 0 aromatic carbocycles. The van der Waals surface area contributed by atoms with E-state index in [1.807, 2.05) is 13.8 Å². The molecule has 0 aliphatic carbocycles. The third-order valence-electron chi connectivity index (χ3n) is 2.06. The molecule has 0 unspecified atom stereocenters. The fourth-order valence-electron chi connectivity index (χ4n) is 1.19. The quantitative estimate of drug-likeness (QED) is 0.438. The number of ether oxygens (including phenoxy) is 5. The summed E-state index contributed by atoms with van der Waals surface area (Å²) in [7, 11) is 0. The van der Waals surface area contributed by atoms with Crippen LogP contribution in [0.15, 0.2) is 0 Å². The van der Waals surface area contributed by atoms with Gasteiger partial charge in [0, 0.05) is 6.54 Å². The molecule has 0 aromatic heterocycles. The topological polar surface area (TPSA) is 72.2 Å². The van der Waals surface area contributed by atoms with Gasteiger partial charge in [-0.3, -0.25) is 0 Å². The zero-order valence-electron chi connectivity index (χ0n) is 12.3. The molecule has 0 fully saturated rings. The summed E-state index contributed by atoms with van der Waals surface area (Å²) < 4.78 is 26.5. The van der Waals surface area contributed by atoms with Crippen LogP contribution in [0.25, 0.3) is 0 Å². The van der Waals surface area contributed by atoms with Gasteiger partial charge in [0.2, 0.25) is 0 Å². The van der Waals surface area contributed by atoms with E-state index in [9.17, 15) is 0 Å². The average molecular weight is 279 g/mol. The molecule has 0 rings (SSSR count). The Kier molecular flexibility index (Phi) is 15.6. The smallest absolute Gasteiger partial charge is 0.0703 e. The Balaban J connectivity index is 2.91. The lowest BCUT2D eigenvalue weighted by atomic mass is 10.5. The zero-order valence-corrected chi connectivity index (χ0v) is 12.3. The molecule has 2 N–H and O–H groups in total. The van der Waals surface area contributed by atoms with Crippen LogP contribution in [0.5, 0.6) is 0 Å². The molecule has 116 valence electrons. The van der Waals surface area contributed by atoms with Gasteiger partial charge in [0.1, 0.15) is 0 Å². The lowest BCUT2D eigenvalue weighted by Gasteiger charge is -2.08. The Morgan fingerprint density at radius 1 is 0.632 bits per heavy atom. The maximum absolute atomic E-state index is 5.34. The maximum atomic E-state index is 5.34. The standard InChI is InChI=1S/C13H29NO5/c1-13(2)19-12-11-18-10-9-17-8-7-16-6-5-15-4-3-14/h13H,3-12,14H2,1-2H3. The van der Waals surface area contributed by atoms with Crippen molar-refractivity contribution in [3.8, 4) is 0 Å². The van der Waals surface area contributed by atoms with E-state index in [0.29, 0.717) is 66.0 Å². The van der Waals surface area contributed by atoms with E-state index < -0.39 is 0 Å². The van der Waals surface area contributed by atoms with E-state index in [1.165, 1.54) is 0 Å². The summed E-state index contributed by atoms with van der Waals surface area (Å²) in [6.45, 7) is 9.83. The van der Waals surface area contributed by atoms with E-state index in [1.54, 1.807) is 0 Å². The minimum absolute atomic E-state index is 0.255. The molecule has 6 nitrogen and oxygen atoms in total. The van der Waals surface area contributed by atoms with Gasteiger partial charge in [-0.25, -0.2) is 0 Å². The molecule has 0 spiro atoms. The Labute approximate surface area is 116 Å². The van der Waals surface area contributed by atoms with Crippen LogP contribution >= 0.6 is 0 Å². The van der Waals surface area contributed by atoms with Crippen molar-refractivity contribution >= 4 is 0 Å². The molecular weight excluding hydrogens is 250 g/mol. The molecule has 0 radical (unpaired) electrons. The van der Waals surface area contributed by atoms with E-state index in [2.05, 4.69) is 0 Å². The summed E-state index contributed by atoms with van der Waals surface area (Å²) in [6, 6.07) is 0. The first-order chi connectivity index (χ1) is 9.27. The Morgan fingerprint density at radius 3 is 1.37 bits per heavy atom. The van der Waals surface area contributed by atoms with Crippen molar-refractivity contribution < 1.29 is 23.7 Å². The van der Waals surface area contributed by atoms with Crippen LogP contribution in [0.4, 0.5) is 0 Å². The minimum Gasteiger partial charge on any atom is -0.378 e. The summed E-state index contributed by atoms with van der Waals surface area (Å²) in [5.74, 6) is 0. The van der Waals surface area contributed by atoms with Crippen LogP contribution in [-0.2, 0) is 23.7 Å². The molecular formula is C13H29NO5. The lowest BCUT2D eigenvalue weighted by molar-refractivity contribution is -0.0172. The fourth-order valence-corrected chi connectivity index (χ4v) is 1.19. The SMILES string of the molecule is CC(C)OCCOCCOCCOCCOCCN. The number of nitrogens with two attached hydrogens (primary N) is 1. The molecule has 0 aliphatic heterocycles. The highest BCUT2D eigenvalue weighted by atomic mass is 16.6. The van der Waals surface area contributed by atoms with Crippen molar-refractivity contribution in [2.24, 2.45) is 5.73 Å². The summed E-state index contributed by atoms with van der Waals surface area (Å²) in [4.78, 5) is 0. The monoisotopic (exact) mass is 279 g/mol. The van der Waals surface area contributed by atoms with Gasteiger partial charge in [-0.15, -0.1) is 0 Å². The highest BCUT2D eigenvalue weighted by Gasteiger charge is 1.94. The van der Waals surface area contributed by atoms with Gasteiger partial charge in [-0.05, 0) is 13.8 Å². The van der Waals surface area contributed by atoms with E-state index >= 15 is 0 Å². The molecule has 0 amide bonds. The van der Waals surface area contributed by atoms with Gasteiger partial charge in [-0.2, -0.15) is 0 Å². The summed E-state index contributed by atoms with van der Waals surface area (Å²) in [5.41, 5.74) is 5.28. The van der Waals surface area contributed by atoms with Gasteiger partial charge < -0.3 is 29.4 Å². The number of hydrogen-bond acceptors (Lipinski definition) is 6. The van der Waals surface area contributed by atoms with Crippen molar-refractivity contribution in [1.82, 2.24) is 0 Å². The highest BCUT2D eigenvalue weighted by molar-refractivity contribution is 4.38. The van der Waals surface area contributed by atoms with Crippen molar-refractivity contribution in [1.29, 1.82) is 0 Å². The van der Waals surface area contributed by atoms with Crippen LogP contribution in [-0.4, -0.2) is 72.1 Å². The third kappa shape index (κ3) is 17.8. The molecule has 0 heterocycles. The van der Waals surface area contributed by atoms with Gasteiger partial charge in [-0.1, -0.05) is 0 Å². The van der Waals surface area contributed by atoms with Gasteiger partial charge in [0.15, 0.2) is 0 Å². The van der Waals surface area contributed by atoms with Crippen molar-refractivity contribution in [2.75, 3.05) is 66.0 Å². The summed E-state index contributed by atoms with van der Waals surface area (Å²) >= 11 is 0. The summed E-state index contributed by atoms with van der Waals surface area (Å²) in [6.07, 6.45) is 0.255. The second-order valence-corrected chi connectivity index (χ2v) is 4.16. The van der Waals surface area contributed by atoms with E-state index in [4.69, 9.17) is 29.4 Å². The second-order valence-electron chi connectivity index (χ2n) is 4.16. The van der Waals surface area contributed by atoms with E-state index in [0.717, 1.165) is 0 Å². The maximum Gasteiger partial charge on any atom is 0.0703 e. The molecule has 0 aliphatic rings. The van der Waals surface area contributed by atoms with Gasteiger partial charge >= 0.3 is 0 Å². The van der Waals surface area contributed by atoms with Crippen molar-refractivity contribution in [2.45, 2.75) is 20.0 Å². The Hall–Kier alpha value is -0.240. The molecule has 6 heteroatoms. The van der Waals surface area contributed by atoms with Crippen LogP contribution in [0, 0.1) is 0 Å². The molecule has 0 aromatic rings. The second kappa shape index (κ2) is 15.8. The zero-order chi connectivity index (χ0) is 14.2. The molecule has 19 heavy (non-hydrogen) atoms. The predicted octanol–water partition coefficient (Wildman–Crippen LogP) is 0.437. The summed E-state index contributed by atoms with van der Waals surface area (Å²) in [5, 5.41) is 0. The highest BCUT2D eigenvalue weighted by Crippen LogP contribution is 1.87. The fraction of sp³-hybridized carbons (Fsp3) is 1.00. The van der Waals surface area contributed by atoms with Crippen LogP contribution in [0.1, 0.15) is 13.8 Å². The van der Waals surface area contributed by atoms with Crippen LogP contribution in [0.2, 0.25) is 0 Å². The van der Waals surface area contributed by atoms with Crippen molar-refractivity contribution in [3.63, 3.8) is 0 Å². The van der Waals surface area contributed by atoms with Crippen LogP contribution < -0.4 is 5.73 Å². The minimum atomic E-state index is 0.255. The lowest BCUT2D eigenvalue weighted by Crippen LogP contribution is -2.15. The average Bonchev–Trinajstić information content (AvgIpc) is 2.39. The largest absolute Gasteiger partial charge is 0.378 e. The third-order valence-corrected chi connectivity index (χ3v) is 2.06. The number of hydrogen-bond donors (Lipinski definition) is 1. The number of rotatable bonds is 15. The normalized spacial score (nSPS) is 11.4. The van der Waals surface area contributed by atoms with E-state index in [-0.39, 0.29) is 6.10 Å². The van der Waals surface area contributed by atoms with Gasteiger partial charge in [0.05, 0.1) is 65.6 Å². The molecule has 0 saturated carbocycles. The molecule has 0 bridgehead atoms. The molecule has 0 atom stereocenters. The van der Waals surface area contributed by atoms with Crippen LogP contribution in [0.3, 0.4) is 0 Å². The van der Waals surface area contributed by atoms with Gasteiger partial charge in [0.25, 0.3) is 0 Å². The first-order valence-corrected chi connectivity index (χ1v) is 6.90. The predicted molar refractivity (Wildman–Crippen MR) is 73.4 cm³/mol. The first kappa shape index (κ1) is 18.8. The Morgan fingerprint density at radius 2 is 1.00 bits per heavy atom.